The van der Waals surface area contributed by atoms with E-state index in [2.05, 4.69) is 10.1 Å². The van der Waals surface area contributed by atoms with Gasteiger partial charge in [-0.15, -0.1) is 5.10 Å². The van der Waals surface area contributed by atoms with E-state index in [0.717, 1.165) is 0 Å². The van der Waals surface area contributed by atoms with Crippen LogP contribution in [0.25, 0.3) is 5.65 Å². The molecule has 102 valence electrons. The van der Waals surface area contributed by atoms with Gasteiger partial charge < -0.3 is 9.64 Å². The third-order valence-corrected chi connectivity index (χ3v) is 2.86. The molecule has 0 spiro atoms. The van der Waals surface area contributed by atoms with Crippen LogP contribution in [-0.2, 0) is 0 Å². The second kappa shape index (κ2) is 5.69. The van der Waals surface area contributed by atoms with Crippen molar-refractivity contribution < 1.29 is 9.53 Å². The van der Waals surface area contributed by atoms with Gasteiger partial charge in [0.05, 0.1) is 12.8 Å². The molecule has 0 fully saturated rings. The Morgan fingerprint density at radius 3 is 2.68 bits per heavy atom. The summed E-state index contributed by atoms with van der Waals surface area (Å²) >= 11 is 0. The number of hydrogen-bond acceptors (Lipinski definition) is 4. The maximum atomic E-state index is 12.2. The van der Waals surface area contributed by atoms with Gasteiger partial charge >= 0.3 is 0 Å². The van der Waals surface area contributed by atoms with E-state index in [9.17, 15) is 4.79 Å². The molecule has 2 aromatic rings. The number of hydrogen-bond donors (Lipinski definition) is 0. The van der Waals surface area contributed by atoms with Crippen molar-refractivity contribution in [3.05, 3.63) is 24.0 Å². The zero-order chi connectivity index (χ0) is 13.8. The summed E-state index contributed by atoms with van der Waals surface area (Å²) in [5, 5.41) is 4.24. The van der Waals surface area contributed by atoms with Gasteiger partial charge in [0.1, 0.15) is 5.69 Å². The fraction of sp³-hybridized carbons (Fsp3) is 0.462. The fourth-order valence-electron chi connectivity index (χ4n) is 1.87. The number of carbonyl (C=O) groups is 1. The van der Waals surface area contributed by atoms with Crippen molar-refractivity contribution in [2.75, 3.05) is 19.7 Å². The molecule has 0 aliphatic rings. The average molecular weight is 262 g/mol. The lowest BCUT2D eigenvalue weighted by Crippen LogP contribution is -2.30. The number of ether oxygens (including phenoxy) is 1. The molecule has 0 atom stereocenters. The van der Waals surface area contributed by atoms with Crippen LogP contribution in [0.2, 0.25) is 0 Å². The van der Waals surface area contributed by atoms with E-state index in [0.29, 0.717) is 36.9 Å². The van der Waals surface area contributed by atoms with E-state index in [-0.39, 0.29) is 5.91 Å². The molecule has 0 aliphatic carbocycles. The van der Waals surface area contributed by atoms with Gasteiger partial charge in [-0.25, -0.2) is 9.50 Å². The third-order valence-electron chi connectivity index (χ3n) is 2.86. The van der Waals surface area contributed by atoms with Crippen molar-refractivity contribution in [2.24, 2.45) is 0 Å². The average Bonchev–Trinajstić information content (AvgIpc) is 2.83. The number of fused-ring (bicyclic) bond motifs is 1. The molecule has 2 heterocycles. The smallest absolute Gasteiger partial charge is 0.274 e. The van der Waals surface area contributed by atoms with Gasteiger partial charge in [-0.2, -0.15) is 0 Å². The molecule has 0 bridgehead atoms. The van der Waals surface area contributed by atoms with E-state index >= 15 is 0 Å². The van der Waals surface area contributed by atoms with Crippen LogP contribution in [0.5, 0.6) is 5.88 Å². The van der Waals surface area contributed by atoms with E-state index in [1.54, 1.807) is 27.7 Å². The maximum absolute atomic E-state index is 12.2. The van der Waals surface area contributed by atoms with Crippen LogP contribution < -0.4 is 4.74 Å². The zero-order valence-electron chi connectivity index (χ0n) is 11.5. The summed E-state index contributed by atoms with van der Waals surface area (Å²) in [4.78, 5) is 18.2. The number of aromatic nitrogens is 3. The van der Waals surface area contributed by atoms with Crippen LogP contribution in [0.15, 0.2) is 18.3 Å². The lowest BCUT2D eigenvalue weighted by Gasteiger charge is -2.16. The summed E-state index contributed by atoms with van der Waals surface area (Å²) in [5.74, 6) is 0.447. The van der Waals surface area contributed by atoms with E-state index in [1.165, 1.54) is 0 Å². The van der Waals surface area contributed by atoms with E-state index in [1.807, 2.05) is 20.8 Å². The minimum Gasteiger partial charge on any atom is -0.477 e. The van der Waals surface area contributed by atoms with Crippen LogP contribution in [0.1, 0.15) is 31.3 Å². The third kappa shape index (κ3) is 2.67. The number of rotatable bonds is 5. The van der Waals surface area contributed by atoms with Crippen LogP contribution in [-0.4, -0.2) is 45.1 Å². The molecular formula is C13H18N4O2. The highest BCUT2D eigenvalue weighted by molar-refractivity contribution is 5.92. The lowest BCUT2D eigenvalue weighted by atomic mass is 10.4. The monoisotopic (exact) mass is 262 g/mol. The first kappa shape index (κ1) is 13.3. The first-order chi connectivity index (χ1) is 9.19. The lowest BCUT2D eigenvalue weighted by molar-refractivity contribution is 0.0767. The molecule has 0 aromatic carbocycles. The first-order valence-corrected chi connectivity index (χ1v) is 6.48. The summed E-state index contributed by atoms with van der Waals surface area (Å²) in [5.41, 5.74) is 1.05. The number of carbonyl (C=O) groups excluding carboxylic acids is 1. The highest BCUT2D eigenvalue weighted by Gasteiger charge is 2.16. The van der Waals surface area contributed by atoms with E-state index < -0.39 is 0 Å². The quantitative estimate of drug-likeness (QED) is 0.821. The normalized spacial score (nSPS) is 10.7. The van der Waals surface area contributed by atoms with Gasteiger partial charge in [0, 0.05) is 19.2 Å². The van der Waals surface area contributed by atoms with Crippen LogP contribution in [0.4, 0.5) is 0 Å². The Morgan fingerprint density at radius 2 is 2.05 bits per heavy atom. The Morgan fingerprint density at radius 1 is 1.32 bits per heavy atom. The second-order valence-electron chi connectivity index (χ2n) is 4.01. The van der Waals surface area contributed by atoms with Gasteiger partial charge in [-0.05, 0) is 26.8 Å². The predicted octanol–water partition coefficient (Wildman–Crippen LogP) is 1.61. The molecule has 0 saturated carbocycles. The fourth-order valence-corrected chi connectivity index (χ4v) is 1.87. The van der Waals surface area contributed by atoms with Gasteiger partial charge in [-0.3, -0.25) is 4.79 Å². The second-order valence-corrected chi connectivity index (χ2v) is 4.01. The Labute approximate surface area is 112 Å². The van der Waals surface area contributed by atoms with Crippen LogP contribution >= 0.6 is 0 Å². The van der Waals surface area contributed by atoms with Crippen molar-refractivity contribution in [1.82, 2.24) is 19.5 Å². The van der Waals surface area contributed by atoms with Crippen LogP contribution in [0.3, 0.4) is 0 Å². The van der Waals surface area contributed by atoms with Gasteiger partial charge in [0.15, 0.2) is 5.65 Å². The number of nitrogens with zero attached hydrogens (tertiary/aromatic N) is 4. The number of imidazole rings is 1. The molecule has 0 radical (unpaired) electrons. The Kier molecular flexibility index (Phi) is 3.99. The highest BCUT2D eigenvalue weighted by atomic mass is 16.5. The molecule has 6 nitrogen and oxygen atoms in total. The summed E-state index contributed by atoms with van der Waals surface area (Å²) in [6, 6.07) is 3.54. The summed E-state index contributed by atoms with van der Waals surface area (Å²) in [6.45, 7) is 7.68. The highest BCUT2D eigenvalue weighted by Crippen LogP contribution is 2.11. The van der Waals surface area contributed by atoms with Crippen molar-refractivity contribution in [2.45, 2.75) is 20.8 Å². The maximum Gasteiger partial charge on any atom is 0.274 e. The minimum atomic E-state index is -0.0755. The van der Waals surface area contributed by atoms with Crippen molar-refractivity contribution in [3.63, 3.8) is 0 Å². The standard InChI is InChI=1S/C13H18N4O2/c1-4-16(5-2)13(18)10-9-17-11(14-10)7-8-12(15-17)19-6-3/h7-9H,4-6H2,1-3H3. The minimum absolute atomic E-state index is 0.0755. The van der Waals surface area contributed by atoms with Crippen molar-refractivity contribution in [1.29, 1.82) is 0 Å². The molecule has 6 heteroatoms. The predicted molar refractivity (Wildman–Crippen MR) is 71.4 cm³/mol. The molecule has 0 saturated heterocycles. The Balaban J connectivity index is 2.33. The van der Waals surface area contributed by atoms with Crippen LogP contribution in [0, 0.1) is 0 Å². The molecular weight excluding hydrogens is 244 g/mol. The van der Waals surface area contributed by atoms with Crippen molar-refractivity contribution in [3.8, 4) is 5.88 Å². The Hall–Kier alpha value is -2.11. The SMILES string of the molecule is CCOc1ccc2nc(C(=O)N(CC)CC)cn2n1. The molecule has 2 aromatic heterocycles. The van der Waals surface area contributed by atoms with Gasteiger partial charge in [0.2, 0.25) is 5.88 Å². The molecule has 19 heavy (non-hydrogen) atoms. The summed E-state index contributed by atoms with van der Waals surface area (Å²) < 4.78 is 6.89. The summed E-state index contributed by atoms with van der Waals surface area (Å²) in [6.07, 6.45) is 1.64. The molecule has 1 amide bonds. The molecule has 0 aliphatic heterocycles. The number of amides is 1. The molecule has 2 rings (SSSR count). The topological polar surface area (TPSA) is 59.7 Å². The molecule has 0 unspecified atom stereocenters. The van der Waals surface area contributed by atoms with Crippen molar-refractivity contribution >= 4 is 11.6 Å². The first-order valence-electron chi connectivity index (χ1n) is 6.48. The summed E-state index contributed by atoms with van der Waals surface area (Å²) in [7, 11) is 0. The van der Waals surface area contributed by atoms with E-state index in [4.69, 9.17) is 4.74 Å². The Bertz CT molecular complexity index is 575. The van der Waals surface area contributed by atoms with Gasteiger partial charge in [0.25, 0.3) is 5.91 Å². The largest absolute Gasteiger partial charge is 0.477 e. The molecule has 0 N–H and O–H groups in total. The van der Waals surface area contributed by atoms with Gasteiger partial charge in [-0.1, -0.05) is 0 Å². The zero-order valence-corrected chi connectivity index (χ0v) is 11.5.